The minimum Gasteiger partial charge on any atom is -0.385 e. The highest BCUT2D eigenvalue weighted by atomic mass is 79.9. The van der Waals surface area contributed by atoms with E-state index in [2.05, 4.69) is 32.7 Å². The van der Waals surface area contributed by atoms with Gasteiger partial charge in [0.05, 0.1) is 29.8 Å². The van der Waals surface area contributed by atoms with E-state index < -0.39 is 5.60 Å². The van der Waals surface area contributed by atoms with Gasteiger partial charge in [-0.2, -0.15) is 0 Å². The average Bonchev–Trinajstić information content (AvgIpc) is 2.98. The molecule has 0 atom stereocenters. The van der Waals surface area contributed by atoms with Crippen LogP contribution in [-0.2, 0) is 5.60 Å². The third-order valence-corrected chi connectivity index (χ3v) is 6.14. The topological polar surface area (TPSA) is 60.9 Å². The van der Waals surface area contributed by atoms with Crippen molar-refractivity contribution < 1.29 is 14.7 Å². The molecule has 0 aromatic heterocycles. The highest BCUT2D eigenvalue weighted by Crippen LogP contribution is 2.33. The first-order valence-corrected chi connectivity index (χ1v) is 10.4. The molecule has 4 rings (SSSR count). The summed E-state index contributed by atoms with van der Waals surface area (Å²) < 4.78 is 0.996. The molecule has 0 saturated carbocycles. The fraction of sp³-hybridized carbons (Fsp3) is 0.304. The first-order valence-electron chi connectivity index (χ1n) is 9.60. The van der Waals surface area contributed by atoms with Gasteiger partial charge in [0.1, 0.15) is 0 Å². The van der Waals surface area contributed by atoms with Crippen LogP contribution in [0.3, 0.4) is 0 Å². The Morgan fingerprint density at radius 2 is 1.45 bits per heavy atom. The van der Waals surface area contributed by atoms with E-state index in [1.807, 2.05) is 24.3 Å². The molecule has 2 amide bonds. The molecule has 0 spiro atoms. The average molecular weight is 453 g/mol. The highest BCUT2D eigenvalue weighted by molar-refractivity contribution is 9.10. The second-order valence-corrected chi connectivity index (χ2v) is 8.33. The van der Waals surface area contributed by atoms with Gasteiger partial charge in [0.25, 0.3) is 11.8 Å². The number of piperidine rings is 1. The van der Waals surface area contributed by atoms with Crippen molar-refractivity contribution >= 4 is 27.7 Å². The van der Waals surface area contributed by atoms with Crippen LogP contribution in [0, 0.1) is 11.8 Å². The van der Waals surface area contributed by atoms with E-state index >= 15 is 0 Å². The number of carbonyl (C=O) groups excluding carboxylic acids is 2. The lowest BCUT2D eigenvalue weighted by Crippen LogP contribution is -2.42. The normalized spacial score (nSPS) is 18.3. The SMILES string of the molecule is O=C1c2ccccc2C(=O)N1CC#CCN1CCC(O)(c2ccc(Br)cc2)CC1. The lowest BCUT2D eigenvalue weighted by Gasteiger charge is -2.37. The summed E-state index contributed by atoms with van der Waals surface area (Å²) in [7, 11) is 0. The molecule has 29 heavy (non-hydrogen) atoms. The van der Waals surface area contributed by atoms with Crippen LogP contribution in [-0.4, -0.2) is 52.9 Å². The highest BCUT2D eigenvalue weighted by Gasteiger charge is 2.35. The Bertz CT molecular complexity index is 964. The zero-order valence-corrected chi connectivity index (χ0v) is 17.5. The second-order valence-electron chi connectivity index (χ2n) is 7.41. The van der Waals surface area contributed by atoms with Gasteiger partial charge in [0.2, 0.25) is 0 Å². The predicted octanol–water partition coefficient (Wildman–Crippen LogP) is 3.03. The van der Waals surface area contributed by atoms with Crippen molar-refractivity contribution in [3.63, 3.8) is 0 Å². The molecule has 2 aromatic carbocycles. The molecule has 1 fully saturated rings. The second kappa shape index (κ2) is 8.11. The summed E-state index contributed by atoms with van der Waals surface area (Å²) in [5.74, 6) is 5.46. The fourth-order valence-electron chi connectivity index (χ4n) is 3.82. The van der Waals surface area contributed by atoms with Crippen molar-refractivity contribution in [1.82, 2.24) is 9.80 Å². The van der Waals surface area contributed by atoms with Crippen LogP contribution in [0.15, 0.2) is 53.0 Å². The molecule has 2 aliphatic heterocycles. The van der Waals surface area contributed by atoms with E-state index in [0.717, 1.165) is 23.1 Å². The zero-order valence-electron chi connectivity index (χ0n) is 15.9. The Balaban J connectivity index is 1.30. The summed E-state index contributed by atoms with van der Waals surface area (Å²) in [6, 6.07) is 14.7. The van der Waals surface area contributed by atoms with Gasteiger partial charge in [-0.05, 0) is 42.7 Å². The third kappa shape index (κ3) is 3.99. The summed E-state index contributed by atoms with van der Waals surface area (Å²) in [4.78, 5) is 28.0. The molecule has 0 radical (unpaired) electrons. The number of rotatable bonds is 3. The molecule has 148 valence electrons. The van der Waals surface area contributed by atoms with E-state index in [0.29, 0.717) is 30.5 Å². The smallest absolute Gasteiger partial charge is 0.262 e. The number of imide groups is 1. The number of nitrogens with zero attached hydrogens (tertiary/aromatic N) is 2. The van der Waals surface area contributed by atoms with Gasteiger partial charge in [0.15, 0.2) is 0 Å². The lowest BCUT2D eigenvalue weighted by atomic mass is 9.84. The molecule has 5 nitrogen and oxygen atoms in total. The summed E-state index contributed by atoms with van der Waals surface area (Å²) >= 11 is 3.42. The first-order chi connectivity index (χ1) is 14.0. The van der Waals surface area contributed by atoms with Gasteiger partial charge in [-0.1, -0.05) is 52.0 Å². The Kier molecular flexibility index (Phi) is 5.55. The van der Waals surface area contributed by atoms with Crippen LogP contribution >= 0.6 is 15.9 Å². The first kappa shape index (κ1) is 19.8. The summed E-state index contributed by atoms with van der Waals surface area (Å²) in [6.07, 6.45) is 1.30. The number of fused-ring (bicyclic) bond motifs is 1. The molecular weight excluding hydrogens is 432 g/mol. The van der Waals surface area contributed by atoms with Crippen LogP contribution in [0.1, 0.15) is 39.1 Å². The summed E-state index contributed by atoms with van der Waals surface area (Å²) in [6.45, 7) is 2.14. The van der Waals surface area contributed by atoms with E-state index in [4.69, 9.17) is 0 Å². The standard InChI is InChI=1S/C23H21BrN2O3/c24-18-9-7-17(8-10-18)23(29)11-15-25(16-12-23)13-3-4-14-26-21(27)19-5-1-2-6-20(19)22(26)28/h1-2,5-10,29H,11-16H2. The molecule has 0 unspecified atom stereocenters. The van der Waals surface area contributed by atoms with E-state index in [1.165, 1.54) is 4.90 Å². The van der Waals surface area contributed by atoms with Crippen molar-refractivity contribution in [1.29, 1.82) is 0 Å². The maximum Gasteiger partial charge on any atom is 0.262 e. The van der Waals surface area contributed by atoms with Crippen LogP contribution in [0.25, 0.3) is 0 Å². The number of aliphatic hydroxyl groups is 1. The van der Waals surface area contributed by atoms with Gasteiger partial charge in [0, 0.05) is 17.6 Å². The third-order valence-electron chi connectivity index (χ3n) is 5.61. The van der Waals surface area contributed by atoms with Crippen LogP contribution in [0.5, 0.6) is 0 Å². The number of amides is 2. The van der Waals surface area contributed by atoms with Crippen LogP contribution in [0.2, 0.25) is 0 Å². The number of benzene rings is 2. The van der Waals surface area contributed by atoms with Crippen molar-refractivity contribution in [3.05, 3.63) is 69.7 Å². The largest absolute Gasteiger partial charge is 0.385 e. The van der Waals surface area contributed by atoms with E-state index in [-0.39, 0.29) is 18.4 Å². The van der Waals surface area contributed by atoms with Crippen LogP contribution < -0.4 is 0 Å². The molecule has 1 N–H and O–H groups in total. The van der Waals surface area contributed by atoms with Crippen LogP contribution in [0.4, 0.5) is 0 Å². The molecule has 6 heteroatoms. The summed E-state index contributed by atoms with van der Waals surface area (Å²) in [5.41, 5.74) is 1.03. The molecule has 2 heterocycles. The molecule has 0 aliphatic carbocycles. The maximum absolute atomic E-state index is 12.3. The molecule has 2 aliphatic rings. The van der Waals surface area contributed by atoms with Gasteiger partial charge in [-0.3, -0.25) is 19.4 Å². The number of carbonyl (C=O) groups is 2. The van der Waals surface area contributed by atoms with Crippen molar-refractivity contribution in [2.45, 2.75) is 18.4 Å². The Morgan fingerprint density at radius 3 is 2.03 bits per heavy atom. The van der Waals surface area contributed by atoms with Crippen molar-refractivity contribution in [2.24, 2.45) is 0 Å². The number of likely N-dealkylation sites (tertiary alicyclic amines) is 1. The summed E-state index contributed by atoms with van der Waals surface area (Å²) in [5, 5.41) is 11.0. The van der Waals surface area contributed by atoms with Gasteiger partial charge < -0.3 is 5.11 Å². The van der Waals surface area contributed by atoms with Crippen molar-refractivity contribution in [3.8, 4) is 11.8 Å². The van der Waals surface area contributed by atoms with E-state index in [9.17, 15) is 14.7 Å². The Hall–Kier alpha value is -2.46. The number of hydrogen-bond acceptors (Lipinski definition) is 4. The van der Waals surface area contributed by atoms with E-state index in [1.54, 1.807) is 24.3 Å². The predicted molar refractivity (Wildman–Crippen MR) is 113 cm³/mol. The quantitative estimate of drug-likeness (QED) is 0.574. The Morgan fingerprint density at radius 1 is 0.897 bits per heavy atom. The van der Waals surface area contributed by atoms with Gasteiger partial charge in [-0.25, -0.2) is 0 Å². The number of hydrogen-bond donors (Lipinski definition) is 1. The minimum atomic E-state index is -0.801. The molecule has 2 aromatic rings. The zero-order chi connectivity index (χ0) is 20.4. The van der Waals surface area contributed by atoms with Crippen molar-refractivity contribution in [2.75, 3.05) is 26.2 Å². The molecule has 1 saturated heterocycles. The molecular formula is C23H21BrN2O3. The molecule has 0 bridgehead atoms. The Labute approximate surface area is 178 Å². The maximum atomic E-state index is 12.3. The minimum absolute atomic E-state index is 0.100. The van der Waals surface area contributed by atoms with Gasteiger partial charge >= 0.3 is 0 Å². The lowest BCUT2D eigenvalue weighted by molar-refractivity contribution is -0.0230. The monoisotopic (exact) mass is 452 g/mol. The fourth-order valence-corrected chi connectivity index (χ4v) is 4.08. The van der Waals surface area contributed by atoms with Gasteiger partial charge in [-0.15, -0.1) is 0 Å². The number of halogens is 1.